The Labute approximate surface area is 164 Å². The summed E-state index contributed by atoms with van der Waals surface area (Å²) >= 11 is 17.1. The number of carbonyl (C=O) groups is 1. The largest absolute Gasteiger partial charge is 0.493 e. The molecule has 0 saturated carbocycles. The third kappa shape index (κ3) is 5.88. The summed E-state index contributed by atoms with van der Waals surface area (Å²) < 4.78 is 6.59. The molecule has 0 radical (unpaired) electrons. The smallest absolute Gasteiger partial charge is 0.234 e. The normalized spacial score (nSPS) is 10.5. The van der Waals surface area contributed by atoms with Crippen molar-refractivity contribution in [2.24, 2.45) is 0 Å². The lowest BCUT2D eigenvalue weighted by Crippen LogP contribution is -2.16. The minimum absolute atomic E-state index is 0.142. The van der Waals surface area contributed by atoms with Gasteiger partial charge in [0.25, 0.3) is 0 Å². The maximum absolute atomic E-state index is 12.0. The van der Waals surface area contributed by atoms with Crippen LogP contribution < -0.4 is 10.1 Å². The third-order valence-electron chi connectivity index (χ3n) is 3.07. The van der Waals surface area contributed by atoms with Crippen molar-refractivity contribution < 1.29 is 9.53 Å². The Balaban J connectivity index is 1.73. The molecule has 1 N–H and O–H groups in total. The van der Waals surface area contributed by atoms with Crippen molar-refractivity contribution in [2.45, 2.75) is 6.92 Å². The van der Waals surface area contributed by atoms with Gasteiger partial charge in [0, 0.05) is 10.2 Å². The second kappa shape index (κ2) is 9.56. The van der Waals surface area contributed by atoms with Gasteiger partial charge in [-0.2, -0.15) is 0 Å². The molecule has 0 saturated heterocycles. The van der Waals surface area contributed by atoms with Gasteiger partial charge in [-0.25, -0.2) is 0 Å². The van der Waals surface area contributed by atoms with E-state index in [1.807, 2.05) is 37.3 Å². The van der Waals surface area contributed by atoms with Crippen LogP contribution in [0, 0.1) is 6.92 Å². The van der Waals surface area contributed by atoms with E-state index in [0.29, 0.717) is 33.8 Å². The highest BCUT2D eigenvalue weighted by Gasteiger charge is 2.11. The molecule has 0 aliphatic heterocycles. The summed E-state index contributed by atoms with van der Waals surface area (Å²) in [7, 11) is 0. The summed E-state index contributed by atoms with van der Waals surface area (Å²) in [5.74, 6) is 1.67. The van der Waals surface area contributed by atoms with Gasteiger partial charge in [0.05, 0.1) is 28.1 Å². The fraction of sp³-hybridized carbons (Fsp3) is 0.235. The van der Waals surface area contributed by atoms with Gasteiger partial charge in [0.15, 0.2) is 0 Å². The Morgan fingerprint density at radius 1 is 1.29 bits per heavy atom. The number of ether oxygens (including phenoxy) is 1. The van der Waals surface area contributed by atoms with Crippen LogP contribution in [0.5, 0.6) is 5.75 Å². The number of amides is 1. The van der Waals surface area contributed by atoms with Crippen LogP contribution in [0.1, 0.15) is 5.56 Å². The summed E-state index contributed by atoms with van der Waals surface area (Å²) in [6.45, 7) is 2.39. The average Bonchev–Trinajstić information content (AvgIpc) is 2.55. The van der Waals surface area contributed by atoms with E-state index >= 15 is 0 Å². The zero-order valence-corrected chi connectivity index (χ0v) is 16.9. The molecule has 1 amide bonds. The fourth-order valence-corrected chi connectivity index (χ4v) is 3.33. The van der Waals surface area contributed by atoms with Crippen molar-refractivity contribution >= 4 is 62.5 Å². The molecular weight excluding hydrogens is 433 g/mol. The average molecular weight is 449 g/mol. The first-order valence-corrected chi connectivity index (χ1v) is 9.88. The molecule has 0 atom stereocenters. The van der Waals surface area contributed by atoms with E-state index in [2.05, 4.69) is 21.2 Å². The zero-order valence-electron chi connectivity index (χ0n) is 12.9. The van der Waals surface area contributed by atoms with Crippen LogP contribution in [0.3, 0.4) is 0 Å². The van der Waals surface area contributed by atoms with Crippen molar-refractivity contribution in [3.8, 4) is 5.75 Å². The molecular formula is C17H16BrCl2NO2S. The summed E-state index contributed by atoms with van der Waals surface area (Å²) in [5.41, 5.74) is 1.33. The quantitative estimate of drug-likeness (QED) is 0.542. The van der Waals surface area contributed by atoms with E-state index in [-0.39, 0.29) is 5.91 Å². The van der Waals surface area contributed by atoms with E-state index in [1.54, 1.807) is 6.07 Å². The van der Waals surface area contributed by atoms with Gasteiger partial charge in [-0.15, -0.1) is 11.8 Å². The van der Waals surface area contributed by atoms with Crippen molar-refractivity contribution in [3.63, 3.8) is 0 Å². The Kier molecular flexibility index (Phi) is 7.75. The standard InChI is InChI=1S/C17H16BrCl2NO2S/c1-11-5-6-14(19)17(16(11)20)21-15(22)10-24-8-7-23-13-4-2-3-12(18)9-13/h2-6,9H,7-8,10H2,1H3,(H,21,22). The number of hydrogen-bond donors (Lipinski definition) is 1. The molecule has 3 nitrogen and oxygen atoms in total. The molecule has 0 aliphatic rings. The first-order chi connectivity index (χ1) is 11.5. The molecule has 0 heterocycles. The lowest BCUT2D eigenvalue weighted by Gasteiger charge is -2.11. The SMILES string of the molecule is Cc1ccc(Cl)c(NC(=O)CSCCOc2cccc(Br)c2)c1Cl. The number of halogens is 3. The number of rotatable bonds is 7. The van der Waals surface area contributed by atoms with Crippen LogP contribution in [0.15, 0.2) is 40.9 Å². The molecule has 0 aromatic heterocycles. The van der Waals surface area contributed by atoms with Gasteiger partial charge in [-0.05, 0) is 36.8 Å². The Morgan fingerprint density at radius 3 is 2.83 bits per heavy atom. The van der Waals surface area contributed by atoms with Crippen LogP contribution in [0.4, 0.5) is 5.69 Å². The molecule has 2 rings (SSSR count). The van der Waals surface area contributed by atoms with Crippen LogP contribution in [0.2, 0.25) is 10.0 Å². The van der Waals surface area contributed by atoms with E-state index in [4.69, 9.17) is 27.9 Å². The molecule has 7 heteroatoms. The third-order valence-corrected chi connectivity index (χ3v) is 5.29. The highest BCUT2D eigenvalue weighted by molar-refractivity contribution is 9.10. The van der Waals surface area contributed by atoms with Gasteiger partial charge < -0.3 is 10.1 Å². The minimum Gasteiger partial charge on any atom is -0.493 e. The monoisotopic (exact) mass is 447 g/mol. The first kappa shape index (κ1) is 19.4. The number of aryl methyl sites for hydroxylation is 1. The van der Waals surface area contributed by atoms with E-state index in [1.165, 1.54) is 11.8 Å². The number of carbonyl (C=O) groups excluding carboxylic acids is 1. The highest BCUT2D eigenvalue weighted by atomic mass is 79.9. The van der Waals surface area contributed by atoms with Crippen molar-refractivity contribution in [2.75, 3.05) is 23.4 Å². The minimum atomic E-state index is -0.142. The van der Waals surface area contributed by atoms with Crippen LogP contribution in [-0.4, -0.2) is 24.0 Å². The maximum atomic E-state index is 12.0. The number of nitrogens with one attached hydrogen (secondary N) is 1. The first-order valence-electron chi connectivity index (χ1n) is 7.18. The molecule has 0 spiro atoms. The summed E-state index contributed by atoms with van der Waals surface area (Å²) in [4.78, 5) is 12.0. The van der Waals surface area contributed by atoms with Gasteiger partial charge in [-0.1, -0.05) is 51.3 Å². The summed E-state index contributed by atoms with van der Waals surface area (Å²) in [5, 5.41) is 3.67. The van der Waals surface area contributed by atoms with Gasteiger partial charge in [-0.3, -0.25) is 4.79 Å². The Bertz CT molecular complexity index is 728. The van der Waals surface area contributed by atoms with Crippen LogP contribution in [0.25, 0.3) is 0 Å². The topological polar surface area (TPSA) is 38.3 Å². The number of benzene rings is 2. The Hall–Kier alpha value is -0.880. The van der Waals surface area contributed by atoms with Crippen molar-refractivity contribution in [3.05, 3.63) is 56.5 Å². The predicted molar refractivity (Wildman–Crippen MR) is 107 cm³/mol. The van der Waals surface area contributed by atoms with E-state index in [9.17, 15) is 4.79 Å². The second-order valence-electron chi connectivity index (χ2n) is 4.96. The van der Waals surface area contributed by atoms with Gasteiger partial charge >= 0.3 is 0 Å². The molecule has 0 aliphatic carbocycles. The molecule has 0 bridgehead atoms. The Morgan fingerprint density at radius 2 is 2.08 bits per heavy atom. The van der Waals surface area contributed by atoms with Gasteiger partial charge in [0.2, 0.25) is 5.91 Å². The molecule has 24 heavy (non-hydrogen) atoms. The molecule has 2 aromatic rings. The van der Waals surface area contributed by atoms with Crippen LogP contribution in [-0.2, 0) is 4.79 Å². The highest BCUT2D eigenvalue weighted by Crippen LogP contribution is 2.32. The van der Waals surface area contributed by atoms with Crippen molar-refractivity contribution in [1.29, 1.82) is 0 Å². The molecule has 128 valence electrons. The molecule has 0 fully saturated rings. The summed E-state index contributed by atoms with van der Waals surface area (Å²) in [6.07, 6.45) is 0. The number of hydrogen-bond acceptors (Lipinski definition) is 3. The molecule has 0 unspecified atom stereocenters. The fourth-order valence-electron chi connectivity index (χ4n) is 1.89. The van der Waals surface area contributed by atoms with Crippen LogP contribution >= 0.6 is 50.9 Å². The lowest BCUT2D eigenvalue weighted by molar-refractivity contribution is -0.113. The second-order valence-corrected chi connectivity index (χ2v) is 7.77. The van der Waals surface area contributed by atoms with E-state index < -0.39 is 0 Å². The predicted octanol–water partition coefficient (Wildman–Crippen LogP) is 5.82. The number of thioether (sulfide) groups is 1. The summed E-state index contributed by atoms with van der Waals surface area (Å²) in [6, 6.07) is 11.2. The lowest BCUT2D eigenvalue weighted by atomic mass is 10.2. The molecule has 2 aromatic carbocycles. The van der Waals surface area contributed by atoms with E-state index in [0.717, 1.165) is 15.8 Å². The zero-order chi connectivity index (χ0) is 17.5. The maximum Gasteiger partial charge on any atom is 0.234 e. The van der Waals surface area contributed by atoms with Gasteiger partial charge in [0.1, 0.15) is 5.75 Å². The van der Waals surface area contributed by atoms with Crippen molar-refractivity contribution in [1.82, 2.24) is 0 Å². The number of anilines is 1.